The van der Waals surface area contributed by atoms with Gasteiger partial charge in [0.1, 0.15) is 0 Å². The summed E-state index contributed by atoms with van der Waals surface area (Å²) in [4.78, 5) is 12.3. The molecule has 2 unspecified atom stereocenters. The van der Waals surface area contributed by atoms with Crippen LogP contribution in [0.2, 0.25) is 0 Å². The van der Waals surface area contributed by atoms with Crippen LogP contribution in [0.4, 0.5) is 5.69 Å². The third-order valence-electron chi connectivity index (χ3n) is 4.40. The number of anilines is 1. The average Bonchev–Trinajstić information content (AvgIpc) is 2.97. The quantitative estimate of drug-likeness (QED) is 0.809. The molecule has 0 bridgehead atoms. The summed E-state index contributed by atoms with van der Waals surface area (Å²) in [5.41, 5.74) is 1.70. The Morgan fingerprint density at radius 2 is 2.43 bits per heavy atom. The number of hydrogen-bond acceptors (Lipinski definition) is 3. The molecule has 0 saturated carbocycles. The van der Waals surface area contributed by atoms with Gasteiger partial charge in [0, 0.05) is 11.8 Å². The zero-order chi connectivity index (χ0) is 14.7. The van der Waals surface area contributed by atoms with Crippen LogP contribution >= 0.6 is 0 Å². The van der Waals surface area contributed by atoms with Gasteiger partial charge in [-0.05, 0) is 43.8 Å². The van der Waals surface area contributed by atoms with Crippen LogP contribution in [0, 0.1) is 11.8 Å². The molecule has 1 saturated heterocycles. The molecule has 0 spiro atoms. The summed E-state index contributed by atoms with van der Waals surface area (Å²) in [6.45, 7) is 4.32. The summed E-state index contributed by atoms with van der Waals surface area (Å²) in [5, 5.41) is 14.4. The van der Waals surface area contributed by atoms with Crippen molar-refractivity contribution in [3.8, 4) is 0 Å². The third-order valence-corrected chi connectivity index (χ3v) is 4.40. The number of benzene rings is 1. The van der Waals surface area contributed by atoms with Crippen LogP contribution < -0.4 is 10.6 Å². The van der Waals surface area contributed by atoms with Crippen molar-refractivity contribution in [3.63, 3.8) is 0 Å². The number of carbonyl (C=O) groups excluding carboxylic acids is 1. The second kappa shape index (κ2) is 6.26. The normalized spacial score (nSPS) is 20.3. The lowest BCUT2D eigenvalue weighted by Crippen LogP contribution is -2.34. The number of fused-ring (bicyclic) bond motifs is 1. The number of carbonyl (C=O) groups is 1. The van der Waals surface area contributed by atoms with Crippen molar-refractivity contribution in [3.05, 3.63) is 24.4 Å². The van der Waals surface area contributed by atoms with Gasteiger partial charge in [-0.25, -0.2) is 0 Å². The summed E-state index contributed by atoms with van der Waals surface area (Å²) in [6, 6.07) is 5.82. The van der Waals surface area contributed by atoms with E-state index in [1.807, 2.05) is 18.2 Å². The molecule has 5 nitrogen and oxygen atoms in total. The summed E-state index contributed by atoms with van der Waals surface area (Å²) in [7, 11) is 0. The van der Waals surface area contributed by atoms with Gasteiger partial charge in [0.15, 0.2) is 0 Å². The highest BCUT2D eigenvalue weighted by Crippen LogP contribution is 2.24. The fraction of sp³-hybridized carbons (Fsp3) is 0.500. The van der Waals surface area contributed by atoms with E-state index in [1.165, 1.54) is 12.8 Å². The van der Waals surface area contributed by atoms with Gasteiger partial charge >= 0.3 is 0 Å². The Morgan fingerprint density at radius 1 is 1.52 bits per heavy atom. The summed E-state index contributed by atoms with van der Waals surface area (Å²) in [5.74, 6) is 1.08. The fourth-order valence-corrected chi connectivity index (χ4v) is 3.10. The van der Waals surface area contributed by atoms with E-state index >= 15 is 0 Å². The predicted molar refractivity (Wildman–Crippen MR) is 84.1 cm³/mol. The van der Waals surface area contributed by atoms with E-state index < -0.39 is 0 Å². The molecule has 112 valence electrons. The first-order valence-electron chi connectivity index (χ1n) is 7.66. The van der Waals surface area contributed by atoms with Crippen molar-refractivity contribution in [2.45, 2.75) is 26.2 Å². The van der Waals surface area contributed by atoms with Crippen LogP contribution in [0.5, 0.6) is 0 Å². The highest BCUT2D eigenvalue weighted by Gasteiger charge is 2.22. The van der Waals surface area contributed by atoms with Crippen LogP contribution in [0.15, 0.2) is 24.4 Å². The van der Waals surface area contributed by atoms with E-state index in [0.717, 1.165) is 29.7 Å². The number of piperidine rings is 1. The first kappa shape index (κ1) is 14.1. The Bertz CT molecular complexity index is 616. The van der Waals surface area contributed by atoms with Crippen molar-refractivity contribution in [2.24, 2.45) is 11.8 Å². The van der Waals surface area contributed by atoms with Gasteiger partial charge in [0.05, 0.1) is 17.4 Å². The number of hydrogen-bond donors (Lipinski definition) is 3. The lowest BCUT2D eigenvalue weighted by Gasteiger charge is -2.28. The Kier molecular flexibility index (Phi) is 4.20. The number of nitrogens with one attached hydrogen (secondary N) is 3. The molecule has 0 radical (unpaired) electrons. The Balaban J connectivity index is 1.62. The van der Waals surface area contributed by atoms with Crippen molar-refractivity contribution < 1.29 is 4.79 Å². The molecular weight excluding hydrogens is 264 g/mol. The fourth-order valence-electron chi connectivity index (χ4n) is 3.10. The topological polar surface area (TPSA) is 69.8 Å². The number of rotatable bonds is 4. The molecule has 3 N–H and O–H groups in total. The lowest BCUT2D eigenvalue weighted by molar-refractivity contribution is -0.117. The highest BCUT2D eigenvalue weighted by molar-refractivity contribution is 6.00. The molecule has 21 heavy (non-hydrogen) atoms. The van der Waals surface area contributed by atoms with Gasteiger partial charge in [0.2, 0.25) is 5.91 Å². The van der Waals surface area contributed by atoms with Crippen molar-refractivity contribution in [1.29, 1.82) is 0 Å². The number of para-hydroxylation sites is 1. The van der Waals surface area contributed by atoms with Crippen LogP contribution in [-0.2, 0) is 4.79 Å². The molecule has 2 atom stereocenters. The van der Waals surface area contributed by atoms with Crippen molar-refractivity contribution in [1.82, 2.24) is 15.5 Å². The van der Waals surface area contributed by atoms with E-state index in [9.17, 15) is 4.79 Å². The molecule has 1 aromatic heterocycles. The van der Waals surface area contributed by atoms with E-state index in [0.29, 0.717) is 18.3 Å². The van der Waals surface area contributed by atoms with Gasteiger partial charge in [0.25, 0.3) is 0 Å². The predicted octanol–water partition coefficient (Wildman–Crippen LogP) is 2.53. The van der Waals surface area contributed by atoms with Crippen LogP contribution in [0.25, 0.3) is 10.9 Å². The Hall–Kier alpha value is -1.88. The maximum Gasteiger partial charge on any atom is 0.224 e. The summed E-state index contributed by atoms with van der Waals surface area (Å²) < 4.78 is 0. The SMILES string of the molecule is CC(CC(=O)Nc1cccc2cn[nH]c12)C1CCCNC1. The minimum atomic E-state index is 0.0789. The van der Waals surface area contributed by atoms with E-state index in [4.69, 9.17) is 0 Å². The molecule has 1 aliphatic heterocycles. The maximum absolute atomic E-state index is 12.3. The molecule has 1 aromatic carbocycles. The maximum atomic E-state index is 12.3. The first-order chi connectivity index (χ1) is 10.2. The number of H-pyrrole nitrogens is 1. The Labute approximate surface area is 124 Å². The summed E-state index contributed by atoms with van der Waals surface area (Å²) in [6.07, 6.45) is 4.76. The molecule has 2 heterocycles. The lowest BCUT2D eigenvalue weighted by atomic mass is 9.85. The summed E-state index contributed by atoms with van der Waals surface area (Å²) >= 11 is 0. The number of aromatic nitrogens is 2. The monoisotopic (exact) mass is 286 g/mol. The minimum absolute atomic E-state index is 0.0789. The van der Waals surface area contributed by atoms with Gasteiger partial charge in [-0.2, -0.15) is 5.10 Å². The minimum Gasteiger partial charge on any atom is -0.324 e. The smallest absolute Gasteiger partial charge is 0.224 e. The van der Waals surface area contributed by atoms with Gasteiger partial charge in [-0.15, -0.1) is 0 Å². The van der Waals surface area contributed by atoms with Crippen LogP contribution in [0.1, 0.15) is 26.2 Å². The second-order valence-corrected chi connectivity index (χ2v) is 5.98. The molecule has 3 rings (SSSR count). The van der Waals surface area contributed by atoms with Gasteiger partial charge < -0.3 is 10.6 Å². The number of nitrogens with zero attached hydrogens (tertiary/aromatic N) is 1. The highest BCUT2D eigenvalue weighted by atomic mass is 16.1. The van der Waals surface area contributed by atoms with Crippen molar-refractivity contribution >= 4 is 22.5 Å². The first-order valence-corrected chi connectivity index (χ1v) is 7.66. The number of aromatic amines is 1. The molecule has 1 amide bonds. The molecule has 5 heteroatoms. The number of amides is 1. The average molecular weight is 286 g/mol. The zero-order valence-electron chi connectivity index (χ0n) is 12.4. The van der Waals surface area contributed by atoms with E-state index in [1.54, 1.807) is 6.20 Å². The molecule has 0 aliphatic carbocycles. The largest absolute Gasteiger partial charge is 0.324 e. The molecule has 2 aromatic rings. The third kappa shape index (κ3) is 3.24. The van der Waals surface area contributed by atoms with E-state index in [2.05, 4.69) is 27.8 Å². The van der Waals surface area contributed by atoms with Gasteiger partial charge in [-0.3, -0.25) is 9.89 Å². The Morgan fingerprint density at radius 3 is 3.24 bits per heavy atom. The van der Waals surface area contributed by atoms with Crippen molar-refractivity contribution in [2.75, 3.05) is 18.4 Å². The van der Waals surface area contributed by atoms with E-state index in [-0.39, 0.29) is 5.91 Å². The molecular formula is C16H22N4O. The van der Waals surface area contributed by atoms with Crippen LogP contribution in [-0.4, -0.2) is 29.2 Å². The molecule has 1 fully saturated rings. The van der Waals surface area contributed by atoms with Gasteiger partial charge in [-0.1, -0.05) is 19.1 Å². The standard InChI is InChI=1S/C16H22N4O/c1-11(12-5-3-7-17-9-12)8-15(21)19-14-6-2-4-13-10-18-20-16(13)14/h2,4,6,10-12,17H,3,5,7-9H2,1H3,(H,18,20)(H,19,21). The second-order valence-electron chi connectivity index (χ2n) is 5.98. The van der Waals surface area contributed by atoms with Crippen LogP contribution in [0.3, 0.4) is 0 Å². The molecule has 1 aliphatic rings. The zero-order valence-corrected chi connectivity index (χ0v) is 12.4.